The molecule has 0 fully saturated rings. The standard InChI is InChI=1S/C16H30N4O5S2/c1-8(2)12(17)15(23)18-9(3)13(21)19-10(5-6-27-4)14(22)20-11(7-26)16(24)25/h8-12,26H,5-7,17H2,1-4H3,(H,18,23)(H,19,21)(H,20,22)(H,24,25). The van der Waals surface area contributed by atoms with E-state index in [1.165, 1.54) is 18.7 Å². The molecule has 0 aromatic heterocycles. The van der Waals surface area contributed by atoms with Crippen LogP contribution in [0.25, 0.3) is 0 Å². The molecule has 0 aromatic rings. The number of thioether (sulfide) groups is 1. The summed E-state index contributed by atoms with van der Waals surface area (Å²) in [6.07, 6.45) is 2.16. The van der Waals surface area contributed by atoms with E-state index in [2.05, 4.69) is 28.6 Å². The quantitative estimate of drug-likeness (QED) is 0.226. The molecule has 0 aromatic carbocycles. The number of rotatable bonds is 12. The van der Waals surface area contributed by atoms with Gasteiger partial charge in [0.1, 0.15) is 18.1 Å². The van der Waals surface area contributed by atoms with Crippen LogP contribution in [0, 0.1) is 5.92 Å². The summed E-state index contributed by atoms with van der Waals surface area (Å²) in [4.78, 5) is 47.8. The molecule has 6 N–H and O–H groups in total. The second-order valence-electron chi connectivity index (χ2n) is 6.42. The number of nitrogens with one attached hydrogen (secondary N) is 3. The van der Waals surface area contributed by atoms with Gasteiger partial charge in [0.15, 0.2) is 0 Å². The van der Waals surface area contributed by atoms with E-state index in [4.69, 9.17) is 10.8 Å². The molecule has 0 radical (unpaired) electrons. The minimum Gasteiger partial charge on any atom is -0.480 e. The van der Waals surface area contributed by atoms with Crippen molar-refractivity contribution in [2.24, 2.45) is 11.7 Å². The van der Waals surface area contributed by atoms with Crippen molar-refractivity contribution < 1.29 is 24.3 Å². The zero-order valence-electron chi connectivity index (χ0n) is 16.0. The molecule has 3 amide bonds. The molecule has 0 aliphatic rings. The molecule has 0 saturated carbocycles. The van der Waals surface area contributed by atoms with Crippen molar-refractivity contribution in [3.8, 4) is 0 Å². The van der Waals surface area contributed by atoms with E-state index in [0.29, 0.717) is 12.2 Å². The third-order valence-electron chi connectivity index (χ3n) is 3.81. The monoisotopic (exact) mass is 422 g/mol. The fraction of sp³-hybridized carbons (Fsp3) is 0.750. The largest absolute Gasteiger partial charge is 0.480 e. The number of hydrogen-bond acceptors (Lipinski definition) is 7. The zero-order valence-corrected chi connectivity index (χ0v) is 17.7. The van der Waals surface area contributed by atoms with E-state index < -0.39 is 47.9 Å². The number of carbonyl (C=O) groups excluding carboxylic acids is 3. The Bertz CT molecular complexity index is 533. The first-order valence-corrected chi connectivity index (χ1v) is 10.6. The maximum atomic E-state index is 12.4. The Labute approximate surface area is 169 Å². The van der Waals surface area contributed by atoms with Gasteiger partial charge in [-0.15, -0.1) is 0 Å². The molecule has 0 aliphatic heterocycles. The second kappa shape index (κ2) is 12.8. The summed E-state index contributed by atoms with van der Waals surface area (Å²) in [7, 11) is 0. The smallest absolute Gasteiger partial charge is 0.327 e. The Morgan fingerprint density at radius 2 is 1.56 bits per heavy atom. The lowest BCUT2D eigenvalue weighted by atomic mass is 10.0. The number of thiol groups is 1. The topological polar surface area (TPSA) is 151 Å². The van der Waals surface area contributed by atoms with Gasteiger partial charge in [-0.05, 0) is 31.3 Å². The molecule has 4 atom stereocenters. The normalized spacial score (nSPS) is 15.4. The van der Waals surface area contributed by atoms with Crippen molar-refractivity contribution in [3.63, 3.8) is 0 Å². The van der Waals surface area contributed by atoms with Crippen molar-refractivity contribution in [1.82, 2.24) is 16.0 Å². The van der Waals surface area contributed by atoms with Gasteiger partial charge in [-0.2, -0.15) is 24.4 Å². The van der Waals surface area contributed by atoms with Crippen molar-refractivity contribution in [1.29, 1.82) is 0 Å². The second-order valence-corrected chi connectivity index (χ2v) is 7.78. The van der Waals surface area contributed by atoms with Crippen molar-refractivity contribution in [2.45, 2.75) is 51.4 Å². The van der Waals surface area contributed by atoms with Gasteiger partial charge in [0, 0.05) is 5.75 Å². The number of hydrogen-bond donors (Lipinski definition) is 6. The molecule has 4 unspecified atom stereocenters. The fourth-order valence-electron chi connectivity index (χ4n) is 1.94. The van der Waals surface area contributed by atoms with Crippen LogP contribution < -0.4 is 21.7 Å². The number of nitrogens with two attached hydrogens (primary N) is 1. The number of amides is 3. The van der Waals surface area contributed by atoms with Crippen LogP contribution in [0.3, 0.4) is 0 Å². The Morgan fingerprint density at radius 1 is 1.00 bits per heavy atom. The molecule has 156 valence electrons. The highest BCUT2D eigenvalue weighted by Crippen LogP contribution is 2.04. The summed E-state index contributed by atoms with van der Waals surface area (Å²) >= 11 is 5.38. The third kappa shape index (κ3) is 9.34. The highest BCUT2D eigenvalue weighted by molar-refractivity contribution is 7.98. The molecule has 9 nitrogen and oxygen atoms in total. The van der Waals surface area contributed by atoms with Crippen LogP contribution in [-0.2, 0) is 19.2 Å². The van der Waals surface area contributed by atoms with E-state index in [9.17, 15) is 19.2 Å². The average molecular weight is 423 g/mol. The summed E-state index contributed by atoms with van der Waals surface area (Å²) in [5.41, 5.74) is 5.75. The summed E-state index contributed by atoms with van der Waals surface area (Å²) in [6, 6.07) is -3.73. The first-order valence-electron chi connectivity index (χ1n) is 8.54. The van der Waals surface area contributed by atoms with E-state index in [-0.39, 0.29) is 11.7 Å². The maximum Gasteiger partial charge on any atom is 0.327 e. The molecule has 0 rings (SSSR count). The highest BCUT2D eigenvalue weighted by Gasteiger charge is 2.28. The van der Waals surface area contributed by atoms with E-state index >= 15 is 0 Å². The number of aliphatic carboxylic acids is 1. The third-order valence-corrected chi connectivity index (χ3v) is 4.82. The summed E-state index contributed by atoms with van der Waals surface area (Å²) in [5.74, 6) is -2.43. The summed E-state index contributed by atoms with van der Waals surface area (Å²) in [6.45, 7) is 5.06. The molecular formula is C16H30N4O5S2. The van der Waals surface area contributed by atoms with Gasteiger partial charge in [0.25, 0.3) is 0 Å². The lowest BCUT2D eigenvalue weighted by Gasteiger charge is -2.23. The SMILES string of the molecule is CSCCC(NC(=O)C(C)NC(=O)C(N)C(C)C)C(=O)NC(CS)C(=O)O. The predicted molar refractivity (Wildman–Crippen MR) is 109 cm³/mol. The van der Waals surface area contributed by atoms with Gasteiger partial charge in [-0.25, -0.2) is 4.79 Å². The summed E-state index contributed by atoms with van der Waals surface area (Å²) in [5, 5.41) is 16.4. The molecular weight excluding hydrogens is 392 g/mol. The first kappa shape index (κ1) is 25.5. The Kier molecular flexibility index (Phi) is 12.1. The fourth-order valence-corrected chi connectivity index (χ4v) is 2.66. The molecule has 0 heterocycles. The average Bonchev–Trinajstić information content (AvgIpc) is 2.61. The van der Waals surface area contributed by atoms with Crippen LogP contribution in [0.5, 0.6) is 0 Å². The predicted octanol–water partition coefficient (Wildman–Crippen LogP) is -0.788. The Hall–Kier alpha value is -1.46. The first-order chi connectivity index (χ1) is 12.5. The van der Waals surface area contributed by atoms with Gasteiger partial charge in [0.05, 0.1) is 6.04 Å². The van der Waals surface area contributed by atoms with Gasteiger partial charge >= 0.3 is 5.97 Å². The van der Waals surface area contributed by atoms with E-state index in [0.717, 1.165) is 0 Å². The van der Waals surface area contributed by atoms with Crippen molar-refractivity contribution in [2.75, 3.05) is 17.8 Å². The van der Waals surface area contributed by atoms with Crippen LogP contribution in [-0.4, -0.2) is 70.7 Å². The van der Waals surface area contributed by atoms with E-state index in [1.807, 2.05) is 6.26 Å². The molecule has 0 spiro atoms. The molecule has 27 heavy (non-hydrogen) atoms. The van der Waals surface area contributed by atoms with Gasteiger partial charge in [-0.1, -0.05) is 13.8 Å². The van der Waals surface area contributed by atoms with Crippen molar-refractivity contribution >= 4 is 48.1 Å². The molecule has 0 saturated heterocycles. The maximum absolute atomic E-state index is 12.4. The number of carbonyl (C=O) groups is 4. The van der Waals surface area contributed by atoms with Crippen LogP contribution in [0.15, 0.2) is 0 Å². The van der Waals surface area contributed by atoms with Gasteiger partial charge in [-0.3, -0.25) is 14.4 Å². The number of carboxylic acids is 1. The zero-order chi connectivity index (χ0) is 21.1. The Morgan fingerprint density at radius 3 is 2.00 bits per heavy atom. The highest BCUT2D eigenvalue weighted by atomic mass is 32.2. The van der Waals surface area contributed by atoms with Crippen LogP contribution in [0.4, 0.5) is 0 Å². The lowest BCUT2D eigenvalue weighted by molar-refractivity contribution is -0.141. The molecule has 11 heteroatoms. The lowest BCUT2D eigenvalue weighted by Crippen LogP contribution is -2.57. The van der Waals surface area contributed by atoms with Crippen LogP contribution in [0.1, 0.15) is 27.2 Å². The van der Waals surface area contributed by atoms with Gasteiger partial charge < -0.3 is 26.8 Å². The Balaban J connectivity index is 4.95. The summed E-state index contributed by atoms with van der Waals surface area (Å²) < 4.78 is 0. The van der Waals surface area contributed by atoms with E-state index in [1.54, 1.807) is 13.8 Å². The van der Waals surface area contributed by atoms with Crippen LogP contribution in [0.2, 0.25) is 0 Å². The molecule has 0 bridgehead atoms. The number of carboxylic acid groups (broad SMARTS) is 1. The molecule has 0 aliphatic carbocycles. The minimum absolute atomic E-state index is 0.0795. The minimum atomic E-state index is -1.21. The van der Waals surface area contributed by atoms with Gasteiger partial charge in [0.2, 0.25) is 17.7 Å². The van der Waals surface area contributed by atoms with Crippen molar-refractivity contribution in [3.05, 3.63) is 0 Å². The van der Waals surface area contributed by atoms with Crippen LogP contribution >= 0.6 is 24.4 Å².